The molecular formula is C25H25N5O. The van der Waals surface area contributed by atoms with E-state index in [9.17, 15) is 4.79 Å². The van der Waals surface area contributed by atoms with Crippen LogP contribution in [-0.2, 0) is 11.2 Å². The number of fused-ring (bicyclic) bond motifs is 1. The Morgan fingerprint density at radius 1 is 0.903 bits per heavy atom. The number of amides is 1. The fourth-order valence-corrected chi connectivity index (χ4v) is 3.48. The third-order valence-corrected chi connectivity index (χ3v) is 4.86. The first-order chi connectivity index (χ1) is 15.1. The fraction of sp³-hybridized carbons (Fsp3) is 0.160. The topological polar surface area (TPSA) is 78.9 Å². The molecule has 0 fully saturated rings. The minimum Gasteiger partial charge on any atom is -0.354 e. The monoisotopic (exact) mass is 411 g/mol. The van der Waals surface area contributed by atoms with E-state index in [1.165, 1.54) is 0 Å². The molecular weight excluding hydrogens is 386 g/mol. The van der Waals surface area contributed by atoms with Crippen molar-refractivity contribution in [2.45, 2.75) is 20.3 Å². The molecule has 0 atom stereocenters. The van der Waals surface area contributed by atoms with Gasteiger partial charge in [0.05, 0.1) is 6.42 Å². The first-order valence-corrected chi connectivity index (χ1v) is 10.3. The smallest absolute Gasteiger partial charge is 0.228 e. The van der Waals surface area contributed by atoms with E-state index in [4.69, 9.17) is 0 Å². The van der Waals surface area contributed by atoms with Gasteiger partial charge in [0.2, 0.25) is 11.9 Å². The van der Waals surface area contributed by atoms with Crippen LogP contribution in [-0.4, -0.2) is 22.4 Å². The molecule has 0 aliphatic heterocycles. The van der Waals surface area contributed by atoms with Crippen LogP contribution >= 0.6 is 0 Å². The standard InChI is InChI=1S/C25H25N5O/c1-3-26-25-27-17(2)15-23(30-25)28-20-11-13-21(14-12-20)29-24(31)16-19-9-6-8-18-7-4-5-10-22(18)19/h4-15H,3,16H2,1-2H3,(H,29,31)(H2,26,27,28,30). The Labute approximate surface area is 181 Å². The molecule has 0 saturated heterocycles. The fourth-order valence-electron chi connectivity index (χ4n) is 3.48. The summed E-state index contributed by atoms with van der Waals surface area (Å²) in [5, 5.41) is 11.6. The maximum atomic E-state index is 12.6. The Bertz CT molecular complexity index is 1200. The van der Waals surface area contributed by atoms with E-state index in [0.29, 0.717) is 12.4 Å². The van der Waals surface area contributed by atoms with Gasteiger partial charge in [0.25, 0.3) is 0 Å². The first kappa shape index (κ1) is 20.3. The van der Waals surface area contributed by atoms with E-state index in [2.05, 4.69) is 44.1 Å². The molecule has 1 aromatic heterocycles. The molecule has 4 rings (SSSR count). The third kappa shape index (κ3) is 5.17. The average Bonchev–Trinajstić information content (AvgIpc) is 2.75. The van der Waals surface area contributed by atoms with Crippen LogP contribution in [0.5, 0.6) is 0 Å². The SMILES string of the molecule is CCNc1nc(C)cc(Nc2ccc(NC(=O)Cc3cccc4ccccc34)cc2)n1. The zero-order chi connectivity index (χ0) is 21.6. The Balaban J connectivity index is 1.41. The first-order valence-electron chi connectivity index (χ1n) is 10.3. The molecule has 0 saturated carbocycles. The normalized spacial score (nSPS) is 10.6. The largest absolute Gasteiger partial charge is 0.354 e. The van der Waals surface area contributed by atoms with Crippen LogP contribution < -0.4 is 16.0 Å². The van der Waals surface area contributed by atoms with Crippen LogP contribution in [0.4, 0.5) is 23.1 Å². The summed E-state index contributed by atoms with van der Waals surface area (Å²) in [4.78, 5) is 21.4. The van der Waals surface area contributed by atoms with Gasteiger partial charge >= 0.3 is 0 Å². The number of carbonyl (C=O) groups is 1. The van der Waals surface area contributed by atoms with Crippen LogP contribution in [0.2, 0.25) is 0 Å². The summed E-state index contributed by atoms with van der Waals surface area (Å²) in [6, 6.07) is 23.6. The number of aromatic nitrogens is 2. The zero-order valence-electron chi connectivity index (χ0n) is 17.6. The predicted octanol–water partition coefficient (Wildman–Crippen LogP) is 5.29. The number of aryl methyl sites for hydroxylation is 1. The highest BCUT2D eigenvalue weighted by atomic mass is 16.1. The lowest BCUT2D eigenvalue weighted by molar-refractivity contribution is -0.115. The summed E-state index contributed by atoms with van der Waals surface area (Å²) in [6.07, 6.45) is 0.328. The van der Waals surface area contributed by atoms with E-state index in [0.717, 1.165) is 45.8 Å². The van der Waals surface area contributed by atoms with Crippen molar-refractivity contribution in [2.24, 2.45) is 0 Å². The summed E-state index contributed by atoms with van der Waals surface area (Å²) in [5.74, 6) is 1.28. The Hall–Kier alpha value is -3.93. The second kappa shape index (κ2) is 9.26. The molecule has 1 amide bonds. The molecule has 0 unspecified atom stereocenters. The lowest BCUT2D eigenvalue weighted by Gasteiger charge is -2.11. The van der Waals surface area contributed by atoms with Crippen molar-refractivity contribution < 1.29 is 4.79 Å². The summed E-state index contributed by atoms with van der Waals surface area (Å²) < 4.78 is 0. The second-order valence-corrected chi connectivity index (χ2v) is 7.31. The summed E-state index contributed by atoms with van der Waals surface area (Å²) in [6.45, 7) is 4.70. The van der Waals surface area contributed by atoms with Gasteiger partial charge in [-0.1, -0.05) is 42.5 Å². The highest BCUT2D eigenvalue weighted by Gasteiger charge is 2.08. The molecule has 0 bridgehead atoms. The van der Waals surface area contributed by atoms with Gasteiger partial charge < -0.3 is 16.0 Å². The lowest BCUT2D eigenvalue weighted by Crippen LogP contribution is -2.14. The number of carbonyl (C=O) groups excluding carboxylic acids is 1. The van der Waals surface area contributed by atoms with Gasteiger partial charge in [0, 0.05) is 29.7 Å². The van der Waals surface area contributed by atoms with E-state index in [1.54, 1.807) is 0 Å². The Morgan fingerprint density at radius 3 is 2.45 bits per heavy atom. The maximum absolute atomic E-state index is 12.6. The average molecular weight is 412 g/mol. The van der Waals surface area contributed by atoms with Crippen LogP contribution in [0.15, 0.2) is 72.8 Å². The molecule has 0 radical (unpaired) electrons. The number of nitrogens with one attached hydrogen (secondary N) is 3. The molecule has 6 heteroatoms. The van der Waals surface area contributed by atoms with Crippen molar-refractivity contribution in [2.75, 3.05) is 22.5 Å². The second-order valence-electron chi connectivity index (χ2n) is 7.31. The Morgan fingerprint density at radius 2 is 1.65 bits per heavy atom. The number of anilines is 4. The van der Waals surface area contributed by atoms with E-state index in [-0.39, 0.29) is 5.91 Å². The van der Waals surface area contributed by atoms with Crippen LogP contribution in [0.3, 0.4) is 0 Å². The molecule has 0 spiro atoms. The van der Waals surface area contributed by atoms with E-state index >= 15 is 0 Å². The predicted molar refractivity (Wildman–Crippen MR) is 127 cm³/mol. The van der Waals surface area contributed by atoms with Crippen LogP contribution in [0.25, 0.3) is 10.8 Å². The molecule has 0 aliphatic rings. The van der Waals surface area contributed by atoms with Gasteiger partial charge in [-0.2, -0.15) is 4.98 Å². The highest BCUT2D eigenvalue weighted by Crippen LogP contribution is 2.21. The highest BCUT2D eigenvalue weighted by molar-refractivity contribution is 5.96. The number of rotatable bonds is 7. The van der Waals surface area contributed by atoms with Crippen molar-refractivity contribution in [3.63, 3.8) is 0 Å². The molecule has 3 N–H and O–H groups in total. The Kier molecular flexibility index (Phi) is 6.08. The van der Waals surface area contributed by atoms with Gasteiger partial charge in [-0.3, -0.25) is 4.79 Å². The van der Waals surface area contributed by atoms with Gasteiger partial charge in [0.15, 0.2) is 0 Å². The van der Waals surface area contributed by atoms with Crippen molar-refractivity contribution in [3.05, 3.63) is 84.1 Å². The van der Waals surface area contributed by atoms with Crippen molar-refractivity contribution >= 4 is 39.8 Å². The quantitative estimate of drug-likeness (QED) is 0.385. The molecule has 31 heavy (non-hydrogen) atoms. The van der Waals surface area contributed by atoms with Gasteiger partial charge in [-0.15, -0.1) is 0 Å². The molecule has 0 aliphatic carbocycles. The maximum Gasteiger partial charge on any atom is 0.228 e. The third-order valence-electron chi connectivity index (χ3n) is 4.86. The van der Waals surface area contributed by atoms with Crippen molar-refractivity contribution in [1.29, 1.82) is 0 Å². The minimum absolute atomic E-state index is 0.0428. The van der Waals surface area contributed by atoms with Crippen LogP contribution in [0.1, 0.15) is 18.2 Å². The number of hydrogen-bond donors (Lipinski definition) is 3. The van der Waals surface area contributed by atoms with E-state index in [1.807, 2.05) is 68.4 Å². The summed E-state index contributed by atoms with van der Waals surface area (Å²) in [7, 11) is 0. The van der Waals surface area contributed by atoms with Crippen molar-refractivity contribution in [3.8, 4) is 0 Å². The number of benzene rings is 3. The van der Waals surface area contributed by atoms with Gasteiger partial charge in [-0.05, 0) is 54.4 Å². The zero-order valence-corrected chi connectivity index (χ0v) is 17.6. The van der Waals surface area contributed by atoms with Gasteiger partial charge in [-0.25, -0.2) is 4.98 Å². The number of hydrogen-bond acceptors (Lipinski definition) is 5. The summed E-state index contributed by atoms with van der Waals surface area (Å²) >= 11 is 0. The number of nitrogens with zero attached hydrogens (tertiary/aromatic N) is 2. The molecule has 6 nitrogen and oxygen atoms in total. The molecule has 4 aromatic rings. The molecule has 156 valence electrons. The van der Waals surface area contributed by atoms with Crippen LogP contribution in [0, 0.1) is 6.92 Å². The van der Waals surface area contributed by atoms with Gasteiger partial charge in [0.1, 0.15) is 5.82 Å². The molecule has 1 heterocycles. The van der Waals surface area contributed by atoms with Crippen molar-refractivity contribution in [1.82, 2.24) is 9.97 Å². The lowest BCUT2D eigenvalue weighted by atomic mass is 10.0. The molecule has 3 aromatic carbocycles. The minimum atomic E-state index is -0.0428. The van der Waals surface area contributed by atoms with E-state index < -0.39 is 0 Å². The summed E-state index contributed by atoms with van der Waals surface area (Å²) in [5.41, 5.74) is 3.53.